The van der Waals surface area contributed by atoms with Crippen LogP contribution in [0, 0.1) is 0 Å². The third kappa shape index (κ3) is 4.93. The van der Waals surface area contributed by atoms with Gasteiger partial charge in [0.05, 0.1) is 12.2 Å². The van der Waals surface area contributed by atoms with E-state index in [1.54, 1.807) is 0 Å². The molecule has 0 saturated carbocycles. The second kappa shape index (κ2) is 8.63. The van der Waals surface area contributed by atoms with Crippen molar-refractivity contribution in [2.45, 2.75) is 29.9 Å². The van der Waals surface area contributed by atoms with E-state index in [0.29, 0.717) is 18.3 Å². The van der Waals surface area contributed by atoms with Crippen molar-refractivity contribution in [2.24, 2.45) is 0 Å². The molecule has 1 unspecified atom stereocenters. The second-order valence-electron chi connectivity index (χ2n) is 6.22. The van der Waals surface area contributed by atoms with Crippen molar-refractivity contribution in [2.75, 3.05) is 24.5 Å². The van der Waals surface area contributed by atoms with Crippen LogP contribution in [0.25, 0.3) is 0 Å². The second-order valence-corrected chi connectivity index (χ2v) is 8.00. The summed E-state index contributed by atoms with van der Waals surface area (Å²) in [5, 5.41) is 4.31. The number of halogens is 1. The average molecular weight is 375 g/mol. The maximum Gasteiger partial charge on any atom is 0.239 e. The molecule has 0 aromatic heterocycles. The molecule has 1 aliphatic heterocycles. The summed E-state index contributed by atoms with van der Waals surface area (Å²) < 4.78 is 0. The standard InChI is InChI=1S/C20H23ClN2OS/c1-2-17-13-23(18-5-3-4-6-19(18)25-17)14-20(24)22-12-11-15-7-9-16(21)10-8-15/h3-10,17H,2,11-14H2,1H3,(H,22,24). The Kier molecular flexibility index (Phi) is 6.27. The third-order valence-electron chi connectivity index (χ3n) is 4.36. The molecular weight excluding hydrogens is 352 g/mol. The summed E-state index contributed by atoms with van der Waals surface area (Å²) in [7, 11) is 0. The van der Waals surface area contributed by atoms with E-state index in [-0.39, 0.29) is 5.91 Å². The van der Waals surface area contributed by atoms with Gasteiger partial charge in [0.1, 0.15) is 0 Å². The number of para-hydroxylation sites is 1. The van der Waals surface area contributed by atoms with Gasteiger partial charge in [0, 0.05) is 28.3 Å². The summed E-state index contributed by atoms with van der Waals surface area (Å²) in [6.07, 6.45) is 1.92. The molecule has 3 rings (SSSR count). The van der Waals surface area contributed by atoms with Crippen LogP contribution in [0.15, 0.2) is 53.4 Å². The highest BCUT2D eigenvalue weighted by molar-refractivity contribution is 8.00. The minimum Gasteiger partial charge on any atom is -0.360 e. The minimum absolute atomic E-state index is 0.0746. The van der Waals surface area contributed by atoms with Crippen LogP contribution in [0.1, 0.15) is 18.9 Å². The van der Waals surface area contributed by atoms with Gasteiger partial charge < -0.3 is 10.2 Å². The van der Waals surface area contributed by atoms with E-state index in [2.05, 4.69) is 35.3 Å². The molecule has 25 heavy (non-hydrogen) atoms. The van der Waals surface area contributed by atoms with Crippen LogP contribution >= 0.6 is 23.4 Å². The first-order valence-electron chi connectivity index (χ1n) is 8.67. The molecule has 132 valence electrons. The molecule has 0 spiro atoms. The molecule has 2 aromatic carbocycles. The zero-order valence-corrected chi connectivity index (χ0v) is 15.9. The number of rotatable bonds is 6. The van der Waals surface area contributed by atoms with Crippen molar-refractivity contribution in [3.63, 3.8) is 0 Å². The topological polar surface area (TPSA) is 32.3 Å². The molecule has 0 saturated heterocycles. The molecule has 0 radical (unpaired) electrons. The number of nitrogens with zero attached hydrogens (tertiary/aromatic N) is 1. The van der Waals surface area contributed by atoms with Gasteiger partial charge in [-0.05, 0) is 42.7 Å². The first-order chi connectivity index (χ1) is 12.2. The zero-order valence-electron chi connectivity index (χ0n) is 14.4. The number of fused-ring (bicyclic) bond motifs is 1. The summed E-state index contributed by atoms with van der Waals surface area (Å²) in [5.74, 6) is 0.0746. The number of hydrogen-bond acceptors (Lipinski definition) is 3. The molecule has 1 amide bonds. The highest BCUT2D eigenvalue weighted by Crippen LogP contribution is 2.39. The summed E-state index contributed by atoms with van der Waals surface area (Å²) in [6, 6.07) is 16.1. The van der Waals surface area contributed by atoms with Crippen LogP contribution in [0.4, 0.5) is 5.69 Å². The van der Waals surface area contributed by atoms with E-state index in [1.807, 2.05) is 42.1 Å². The highest BCUT2D eigenvalue weighted by Gasteiger charge is 2.24. The van der Waals surface area contributed by atoms with Crippen LogP contribution in [0.3, 0.4) is 0 Å². The summed E-state index contributed by atoms with van der Waals surface area (Å²) in [5.41, 5.74) is 2.35. The Morgan fingerprint density at radius 2 is 2.00 bits per heavy atom. The first kappa shape index (κ1) is 18.2. The lowest BCUT2D eigenvalue weighted by molar-refractivity contribution is -0.119. The molecular formula is C20H23ClN2OS. The van der Waals surface area contributed by atoms with E-state index in [1.165, 1.54) is 16.1 Å². The zero-order chi connectivity index (χ0) is 17.6. The number of carbonyl (C=O) groups is 1. The van der Waals surface area contributed by atoms with Gasteiger partial charge in [-0.2, -0.15) is 0 Å². The van der Waals surface area contributed by atoms with E-state index in [4.69, 9.17) is 11.6 Å². The van der Waals surface area contributed by atoms with Gasteiger partial charge in [0.15, 0.2) is 0 Å². The number of hydrogen-bond donors (Lipinski definition) is 1. The van der Waals surface area contributed by atoms with Crippen molar-refractivity contribution in [1.29, 1.82) is 0 Å². The lowest BCUT2D eigenvalue weighted by atomic mass is 10.1. The fraction of sp³-hybridized carbons (Fsp3) is 0.350. The Hall–Kier alpha value is -1.65. The predicted molar refractivity (Wildman–Crippen MR) is 107 cm³/mol. The number of nitrogens with one attached hydrogen (secondary N) is 1. The van der Waals surface area contributed by atoms with Crippen LogP contribution in [0.2, 0.25) is 5.02 Å². The van der Waals surface area contributed by atoms with Gasteiger partial charge >= 0.3 is 0 Å². The molecule has 0 fully saturated rings. The van der Waals surface area contributed by atoms with E-state index >= 15 is 0 Å². The minimum atomic E-state index is 0.0746. The molecule has 1 aliphatic rings. The van der Waals surface area contributed by atoms with Crippen LogP contribution in [-0.4, -0.2) is 30.8 Å². The molecule has 1 N–H and O–H groups in total. The average Bonchev–Trinajstić information content (AvgIpc) is 2.63. The third-order valence-corrected chi connectivity index (χ3v) is 6.03. The molecule has 2 aromatic rings. The molecule has 0 aliphatic carbocycles. The molecule has 1 atom stereocenters. The van der Waals surface area contributed by atoms with Gasteiger partial charge in [-0.15, -0.1) is 11.8 Å². The van der Waals surface area contributed by atoms with Gasteiger partial charge in [-0.1, -0.05) is 42.8 Å². The first-order valence-corrected chi connectivity index (χ1v) is 9.93. The van der Waals surface area contributed by atoms with Crippen molar-refractivity contribution in [3.05, 3.63) is 59.1 Å². The Morgan fingerprint density at radius 1 is 1.24 bits per heavy atom. The van der Waals surface area contributed by atoms with Gasteiger partial charge in [0.25, 0.3) is 0 Å². The predicted octanol–water partition coefficient (Wildman–Crippen LogP) is 4.39. The number of thioether (sulfide) groups is 1. The fourth-order valence-corrected chi connectivity index (χ4v) is 4.35. The molecule has 0 bridgehead atoms. The number of amides is 1. The lowest BCUT2D eigenvalue weighted by Crippen LogP contribution is -2.42. The highest BCUT2D eigenvalue weighted by atomic mass is 35.5. The fourth-order valence-electron chi connectivity index (χ4n) is 2.97. The Morgan fingerprint density at radius 3 is 2.76 bits per heavy atom. The van der Waals surface area contributed by atoms with Crippen molar-refractivity contribution < 1.29 is 4.79 Å². The van der Waals surface area contributed by atoms with Crippen molar-refractivity contribution in [3.8, 4) is 0 Å². The summed E-state index contributed by atoms with van der Waals surface area (Å²) in [4.78, 5) is 15.9. The molecule has 3 nitrogen and oxygen atoms in total. The summed E-state index contributed by atoms with van der Waals surface area (Å²) >= 11 is 7.81. The Balaban J connectivity index is 1.54. The largest absolute Gasteiger partial charge is 0.360 e. The van der Waals surface area contributed by atoms with Crippen LogP contribution in [0.5, 0.6) is 0 Å². The van der Waals surface area contributed by atoms with Gasteiger partial charge in [-0.25, -0.2) is 0 Å². The maximum atomic E-state index is 12.4. The number of anilines is 1. The smallest absolute Gasteiger partial charge is 0.239 e. The number of benzene rings is 2. The quantitative estimate of drug-likeness (QED) is 0.813. The number of carbonyl (C=O) groups excluding carboxylic acids is 1. The van der Waals surface area contributed by atoms with Crippen LogP contribution in [-0.2, 0) is 11.2 Å². The van der Waals surface area contributed by atoms with E-state index in [9.17, 15) is 4.79 Å². The lowest BCUT2D eigenvalue weighted by Gasteiger charge is -2.34. The van der Waals surface area contributed by atoms with Crippen LogP contribution < -0.4 is 10.2 Å². The summed E-state index contributed by atoms with van der Waals surface area (Å²) in [6.45, 7) is 4.18. The molecule has 5 heteroatoms. The van der Waals surface area contributed by atoms with Crippen molar-refractivity contribution in [1.82, 2.24) is 5.32 Å². The maximum absolute atomic E-state index is 12.4. The van der Waals surface area contributed by atoms with Gasteiger partial charge in [0.2, 0.25) is 5.91 Å². The van der Waals surface area contributed by atoms with Gasteiger partial charge in [-0.3, -0.25) is 4.79 Å². The Labute approximate surface area is 158 Å². The SMILES string of the molecule is CCC1CN(CC(=O)NCCc2ccc(Cl)cc2)c2ccccc2S1. The normalized spacial score (nSPS) is 16.4. The van der Waals surface area contributed by atoms with E-state index < -0.39 is 0 Å². The Bertz CT molecular complexity index is 720. The monoisotopic (exact) mass is 374 g/mol. The molecule has 1 heterocycles. The van der Waals surface area contributed by atoms with E-state index in [0.717, 1.165) is 24.4 Å². The van der Waals surface area contributed by atoms with Crippen molar-refractivity contribution >= 4 is 35.0 Å².